The number of furan rings is 2. The summed E-state index contributed by atoms with van der Waals surface area (Å²) in [6, 6.07) is 57.9. The highest BCUT2D eigenvalue weighted by Crippen LogP contribution is 2.47. The van der Waals surface area contributed by atoms with E-state index in [0.717, 1.165) is 72.1 Å². The largest absolute Gasteiger partial charge is 0.456 e. The molecule has 0 saturated carbocycles. The van der Waals surface area contributed by atoms with Crippen molar-refractivity contribution in [2.75, 3.05) is 4.90 Å². The minimum Gasteiger partial charge on any atom is -0.456 e. The van der Waals surface area contributed by atoms with Crippen LogP contribution in [0.15, 0.2) is 173 Å². The van der Waals surface area contributed by atoms with E-state index in [4.69, 9.17) is 8.83 Å². The van der Waals surface area contributed by atoms with Crippen LogP contribution in [0, 0.1) is 0 Å². The molecular formula is C44H27NO2. The molecule has 0 bridgehead atoms. The first-order chi connectivity index (χ1) is 23.3. The molecule has 2 heterocycles. The normalized spacial score (nSPS) is 11.8. The predicted molar refractivity (Wildman–Crippen MR) is 196 cm³/mol. The Labute approximate surface area is 270 Å². The fraction of sp³-hybridized carbons (Fsp3) is 0. The van der Waals surface area contributed by atoms with E-state index in [9.17, 15) is 0 Å². The van der Waals surface area contributed by atoms with Crippen molar-refractivity contribution in [1.82, 2.24) is 0 Å². The molecule has 47 heavy (non-hydrogen) atoms. The lowest BCUT2D eigenvalue weighted by Crippen LogP contribution is -2.11. The molecule has 0 aliphatic rings. The Morgan fingerprint density at radius 2 is 0.936 bits per heavy atom. The van der Waals surface area contributed by atoms with Crippen LogP contribution in [0.4, 0.5) is 17.1 Å². The molecule has 3 heteroatoms. The summed E-state index contributed by atoms with van der Waals surface area (Å²) in [4.78, 5) is 2.41. The fourth-order valence-corrected chi connectivity index (χ4v) is 7.40. The Kier molecular flexibility index (Phi) is 5.57. The van der Waals surface area contributed by atoms with Gasteiger partial charge in [0.1, 0.15) is 22.3 Å². The van der Waals surface area contributed by atoms with Crippen molar-refractivity contribution in [1.29, 1.82) is 0 Å². The van der Waals surface area contributed by atoms with Gasteiger partial charge in [-0.3, -0.25) is 0 Å². The van der Waals surface area contributed by atoms with Gasteiger partial charge in [0.15, 0.2) is 0 Å². The summed E-state index contributed by atoms with van der Waals surface area (Å²) in [6.07, 6.45) is 0. The Bertz CT molecular complexity index is 2820. The highest BCUT2D eigenvalue weighted by atomic mass is 16.3. The number of nitrogens with zero attached hydrogens (tertiary/aromatic N) is 1. The van der Waals surface area contributed by atoms with Gasteiger partial charge in [-0.1, -0.05) is 115 Å². The maximum atomic E-state index is 6.41. The lowest BCUT2D eigenvalue weighted by atomic mass is 9.97. The average molecular weight is 602 g/mol. The van der Waals surface area contributed by atoms with E-state index in [1.807, 2.05) is 24.3 Å². The molecule has 10 aromatic rings. The molecule has 0 fully saturated rings. The Balaban J connectivity index is 1.30. The van der Waals surface area contributed by atoms with E-state index in [1.54, 1.807) is 0 Å². The minimum absolute atomic E-state index is 0.865. The van der Waals surface area contributed by atoms with Crippen molar-refractivity contribution in [2.24, 2.45) is 0 Å². The summed E-state index contributed by atoms with van der Waals surface area (Å²) in [5.74, 6) is 0. The number of fused-ring (bicyclic) bond motifs is 9. The molecular weight excluding hydrogens is 574 g/mol. The number of benzene rings is 8. The third-order valence-electron chi connectivity index (χ3n) is 9.43. The molecule has 0 saturated heterocycles. The Hall–Kier alpha value is -6.32. The van der Waals surface area contributed by atoms with Crippen molar-refractivity contribution < 1.29 is 8.83 Å². The molecule has 3 nitrogen and oxygen atoms in total. The lowest BCUT2D eigenvalue weighted by Gasteiger charge is -2.28. The van der Waals surface area contributed by atoms with Gasteiger partial charge >= 0.3 is 0 Å². The molecule has 0 radical (unpaired) electrons. The van der Waals surface area contributed by atoms with Gasteiger partial charge in [-0.2, -0.15) is 0 Å². The van der Waals surface area contributed by atoms with E-state index in [1.165, 1.54) is 21.5 Å². The van der Waals surface area contributed by atoms with Crippen LogP contribution in [-0.2, 0) is 0 Å². The van der Waals surface area contributed by atoms with Gasteiger partial charge in [0.05, 0.1) is 16.8 Å². The van der Waals surface area contributed by atoms with Crippen LogP contribution >= 0.6 is 0 Å². The van der Waals surface area contributed by atoms with Gasteiger partial charge in [-0.15, -0.1) is 0 Å². The Morgan fingerprint density at radius 3 is 1.72 bits per heavy atom. The predicted octanol–water partition coefficient (Wildman–Crippen LogP) is 12.9. The Morgan fingerprint density at radius 1 is 0.362 bits per heavy atom. The fourth-order valence-electron chi connectivity index (χ4n) is 7.40. The topological polar surface area (TPSA) is 29.5 Å². The summed E-state index contributed by atoms with van der Waals surface area (Å²) in [6.45, 7) is 0. The third kappa shape index (κ3) is 3.93. The summed E-state index contributed by atoms with van der Waals surface area (Å²) < 4.78 is 12.7. The van der Waals surface area contributed by atoms with Gasteiger partial charge in [0, 0.05) is 27.2 Å². The summed E-state index contributed by atoms with van der Waals surface area (Å²) in [5, 5.41) is 9.28. The molecule has 2 aromatic heterocycles. The highest BCUT2D eigenvalue weighted by molar-refractivity contribution is 6.18. The number of hydrogen-bond donors (Lipinski definition) is 0. The van der Waals surface area contributed by atoms with E-state index in [-0.39, 0.29) is 0 Å². The molecule has 0 N–H and O–H groups in total. The zero-order valence-electron chi connectivity index (χ0n) is 25.4. The van der Waals surface area contributed by atoms with E-state index >= 15 is 0 Å². The number of hydrogen-bond acceptors (Lipinski definition) is 3. The smallest absolute Gasteiger partial charge is 0.137 e. The molecule has 8 aromatic carbocycles. The van der Waals surface area contributed by atoms with Gasteiger partial charge in [-0.05, 0) is 75.8 Å². The molecule has 0 aliphatic heterocycles. The second kappa shape index (κ2) is 10.1. The lowest BCUT2D eigenvalue weighted by molar-refractivity contribution is 0.668. The van der Waals surface area contributed by atoms with Crippen molar-refractivity contribution in [3.05, 3.63) is 164 Å². The first-order valence-corrected chi connectivity index (χ1v) is 15.9. The quantitative estimate of drug-likeness (QED) is 0.188. The van der Waals surface area contributed by atoms with E-state index in [0.29, 0.717) is 0 Å². The maximum absolute atomic E-state index is 6.41. The second-order valence-corrected chi connectivity index (χ2v) is 12.1. The molecule has 0 spiro atoms. The first kappa shape index (κ1) is 26.0. The van der Waals surface area contributed by atoms with Gasteiger partial charge in [-0.25, -0.2) is 0 Å². The van der Waals surface area contributed by atoms with Crippen LogP contribution in [0.25, 0.3) is 76.5 Å². The van der Waals surface area contributed by atoms with E-state index in [2.05, 4.69) is 144 Å². The van der Waals surface area contributed by atoms with Crippen LogP contribution < -0.4 is 4.90 Å². The van der Waals surface area contributed by atoms with Crippen LogP contribution in [-0.4, -0.2) is 0 Å². The zero-order chi connectivity index (χ0) is 30.9. The first-order valence-electron chi connectivity index (χ1n) is 15.9. The van der Waals surface area contributed by atoms with Gasteiger partial charge < -0.3 is 13.7 Å². The van der Waals surface area contributed by atoms with Crippen molar-refractivity contribution in [3.63, 3.8) is 0 Å². The standard InChI is InChI=1S/C44H27NO2/c1-2-15-31-29(12-1)27-38(34-17-4-3-16-33(31)34)45(37-21-11-25-42-44(37)36-19-6-8-23-40(36)47-42)30-14-9-13-28(26-30)32-20-10-24-41-43(32)35-18-5-7-22-39(35)46-41/h1-27H. The third-order valence-corrected chi connectivity index (χ3v) is 9.43. The monoisotopic (exact) mass is 601 g/mol. The molecule has 220 valence electrons. The molecule has 0 amide bonds. The van der Waals surface area contributed by atoms with Gasteiger partial charge in [0.25, 0.3) is 0 Å². The summed E-state index contributed by atoms with van der Waals surface area (Å²) >= 11 is 0. The molecule has 10 rings (SSSR count). The molecule has 0 aliphatic carbocycles. The van der Waals surface area contributed by atoms with Crippen molar-refractivity contribution in [3.8, 4) is 11.1 Å². The molecule has 0 unspecified atom stereocenters. The zero-order valence-corrected chi connectivity index (χ0v) is 25.4. The van der Waals surface area contributed by atoms with Crippen LogP contribution in [0.1, 0.15) is 0 Å². The maximum Gasteiger partial charge on any atom is 0.137 e. The van der Waals surface area contributed by atoms with E-state index < -0.39 is 0 Å². The van der Waals surface area contributed by atoms with Gasteiger partial charge in [0.2, 0.25) is 0 Å². The SMILES string of the molecule is c1cc(-c2cccc3oc4ccccc4c23)cc(N(c2cc3ccccc3c3ccccc23)c2cccc3oc4ccccc4c23)c1. The van der Waals surface area contributed by atoms with Crippen molar-refractivity contribution >= 4 is 82.5 Å². The summed E-state index contributed by atoms with van der Waals surface area (Å²) in [7, 11) is 0. The summed E-state index contributed by atoms with van der Waals surface area (Å²) in [5.41, 5.74) is 9.04. The minimum atomic E-state index is 0.865. The highest BCUT2D eigenvalue weighted by Gasteiger charge is 2.22. The number of rotatable bonds is 4. The number of para-hydroxylation sites is 2. The average Bonchev–Trinajstić information content (AvgIpc) is 3.71. The van der Waals surface area contributed by atoms with Crippen molar-refractivity contribution in [2.45, 2.75) is 0 Å². The molecule has 0 atom stereocenters. The second-order valence-electron chi connectivity index (χ2n) is 12.1. The van der Waals surface area contributed by atoms with Crippen LogP contribution in [0.3, 0.4) is 0 Å². The van der Waals surface area contributed by atoms with Crippen LogP contribution in [0.5, 0.6) is 0 Å². The number of anilines is 3. The van der Waals surface area contributed by atoms with Crippen LogP contribution in [0.2, 0.25) is 0 Å².